The Hall–Kier alpha value is -0.160. The number of hydrogen-bond donors (Lipinski definition) is 2. The Bertz CT molecular complexity index is 139. The van der Waals surface area contributed by atoms with E-state index in [0.717, 1.165) is 0 Å². The number of rotatable bonds is 1. The van der Waals surface area contributed by atoms with Crippen LogP contribution < -0.4 is 0 Å². The molecule has 10 heavy (non-hydrogen) atoms. The van der Waals surface area contributed by atoms with E-state index in [1.807, 2.05) is 0 Å². The van der Waals surface area contributed by atoms with E-state index < -0.39 is 11.7 Å². The van der Waals surface area contributed by atoms with Crippen LogP contribution in [0.1, 0.15) is 0 Å². The van der Waals surface area contributed by atoms with Crippen LogP contribution in [0.3, 0.4) is 0 Å². The second-order valence-electron chi connectivity index (χ2n) is 2.70. The third-order valence-corrected chi connectivity index (χ3v) is 2.07. The molecular formula is C6H9O4. The first-order valence-electron chi connectivity index (χ1n) is 3.20. The molecule has 57 valence electrons. The van der Waals surface area contributed by atoms with Crippen LogP contribution in [-0.4, -0.2) is 41.2 Å². The van der Waals surface area contributed by atoms with E-state index in [1.165, 1.54) is 6.61 Å². The van der Waals surface area contributed by atoms with Crippen LogP contribution in [-0.2, 0) is 9.47 Å². The predicted molar refractivity (Wildman–Crippen MR) is 30.9 cm³/mol. The zero-order valence-electron chi connectivity index (χ0n) is 5.36. The van der Waals surface area contributed by atoms with E-state index in [4.69, 9.17) is 14.6 Å². The van der Waals surface area contributed by atoms with Crippen LogP contribution in [0.25, 0.3) is 0 Å². The molecule has 4 heteroatoms. The van der Waals surface area contributed by atoms with Crippen molar-refractivity contribution in [3.63, 3.8) is 0 Å². The van der Waals surface area contributed by atoms with Gasteiger partial charge >= 0.3 is 0 Å². The quantitative estimate of drug-likeness (QED) is 0.480. The Kier molecular flexibility index (Phi) is 1.25. The van der Waals surface area contributed by atoms with Crippen LogP contribution in [0.15, 0.2) is 0 Å². The fourth-order valence-electron chi connectivity index (χ4n) is 1.31. The molecule has 2 N–H and O–H groups in total. The maximum absolute atomic E-state index is 9.34. The lowest BCUT2D eigenvalue weighted by Gasteiger charge is -2.23. The van der Waals surface area contributed by atoms with Gasteiger partial charge in [-0.2, -0.15) is 0 Å². The van der Waals surface area contributed by atoms with Crippen molar-refractivity contribution in [2.24, 2.45) is 0 Å². The first-order valence-corrected chi connectivity index (χ1v) is 3.20. The summed E-state index contributed by atoms with van der Waals surface area (Å²) in [5, 5.41) is 18.2. The van der Waals surface area contributed by atoms with Gasteiger partial charge in [0.15, 0.2) is 0 Å². The molecule has 0 saturated carbocycles. The van der Waals surface area contributed by atoms with Crippen molar-refractivity contribution in [3.05, 3.63) is 6.61 Å². The first kappa shape index (κ1) is 6.54. The van der Waals surface area contributed by atoms with Crippen LogP contribution in [0.2, 0.25) is 0 Å². The third kappa shape index (κ3) is 0.594. The van der Waals surface area contributed by atoms with Crippen molar-refractivity contribution >= 4 is 0 Å². The monoisotopic (exact) mass is 145 g/mol. The van der Waals surface area contributed by atoms with Gasteiger partial charge in [-0.15, -0.1) is 0 Å². The maximum atomic E-state index is 9.34. The highest BCUT2D eigenvalue weighted by atomic mass is 16.6. The van der Waals surface area contributed by atoms with E-state index in [1.54, 1.807) is 0 Å². The second-order valence-corrected chi connectivity index (χ2v) is 2.70. The minimum Gasteiger partial charge on any atom is -0.393 e. The Morgan fingerprint density at radius 1 is 1.70 bits per heavy atom. The highest BCUT2D eigenvalue weighted by Crippen LogP contribution is 2.37. The number of hydrogen-bond acceptors (Lipinski definition) is 4. The van der Waals surface area contributed by atoms with Crippen molar-refractivity contribution < 1.29 is 19.7 Å². The summed E-state index contributed by atoms with van der Waals surface area (Å²) in [5.41, 5.74) is -0.856. The molecule has 0 aliphatic carbocycles. The molecule has 0 aromatic carbocycles. The van der Waals surface area contributed by atoms with Gasteiger partial charge in [0.25, 0.3) is 0 Å². The number of ether oxygens (including phenoxy) is 2. The van der Waals surface area contributed by atoms with Crippen molar-refractivity contribution in [1.82, 2.24) is 0 Å². The normalized spacial score (nSPS) is 52.2. The summed E-state index contributed by atoms with van der Waals surface area (Å²) in [6.07, 6.45) is -1.04. The fraction of sp³-hybridized carbons (Fsp3) is 0.833. The Morgan fingerprint density at radius 3 is 2.70 bits per heavy atom. The summed E-state index contributed by atoms with van der Waals surface area (Å²) in [6.45, 7) is 1.53. The maximum Gasteiger partial charge on any atom is 0.143 e. The van der Waals surface area contributed by atoms with Gasteiger partial charge in [0, 0.05) is 0 Å². The summed E-state index contributed by atoms with van der Waals surface area (Å²) < 4.78 is 10.1. The second kappa shape index (κ2) is 1.92. The molecule has 0 aromatic heterocycles. The molecule has 2 aliphatic rings. The van der Waals surface area contributed by atoms with Crippen LogP contribution in [0.5, 0.6) is 0 Å². The zero-order chi connectivity index (χ0) is 7.19. The average molecular weight is 145 g/mol. The van der Waals surface area contributed by atoms with Crippen molar-refractivity contribution in [1.29, 1.82) is 0 Å². The van der Waals surface area contributed by atoms with Gasteiger partial charge in [-0.25, -0.2) is 0 Å². The minimum absolute atomic E-state index is 0.193. The highest BCUT2D eigenvalue weighted by Gasteiger charge is 2.56. The van der Waals surface area contributed by atoms with Gasteiger partial charge in [0.2, 0.25) is 0 Å². The molecule has 2 bridgehead atoms. The largest absolute Gasteiger partial charge is 0.393 e. The predicted octanol–water partition coefficient (Wildman–Crippen LogP) is -1.33. The molecule has 2 fully saturated rings. The van der Waals surface area contributed by atoms with E-state index in [-0.39, 0.29) is 19.3 Å². The topological polar surface area (TPSA) is 58.9 Å². The highest BCUT2D eigenvalue weighted by molar-refractivity contribution is 5.07. The molecule has 0 aromatic rings. The van der Waals surface area contributed by atoms with E-state index in [0.29, 0.717) is 0 Å². The molecule has 4 nitrogen and oxygen atoms in total. The molecule has 2 rings (SSSR count). The smallest absolute Gasteiger partial charge is 0.143 e. The lowest BCUT2D eigenvalue weighted by atomic mass is 10.0. The molecule has 2 saturated heterocycles. The summed E-state index contributed by atoms with van der Waals surface area (Å²) in [6, 6.07) is 0. The van der Waals surface area contributed by atoms with Crippen LogP contribution in [0, 0.1) is 6.61 Å². The van der Waals surface area contributed by atoms with Crippen LogP contribution in [0.4, 0.5) is 0 Å². The van der Waals surface area contributed by atoms with E-state index in [2.05, 4.69) is 0 Å². The molecular weight excluding hydrogens is 136 g/mol. The molecule has 0 amide bonds. The van der Waals surface area contributed by atoms with Gasteiger partial charge in [-0.1, -0.05) is 0 Å². The van der Waals surface area contributed by atoms with Gasteiger partial charge in [-0.05, 0) is 0 Å². The van der Waals surface area contributed by atoms with Crippen LogP contribution >= 0.6 is 0 Å². The zero-order valence-corrected chi connectivity index (χ0v) is 5.36. The number of fused-ring (bicyclic) bond motifs is 2. The van der Waals surface area contributed by atoms with E-state index in [9.17, 15) is 5.11 Å². The van der Waals surface area contributed by atoms with Gasteiger partial charge in [-0.3, -0.25) is 0 Å². The molecule has 2 heterocycles. The summed E-state index contributed by atoms with van der Waals surface area (Å²) in [7, 11) is 0. The molecule has 2 aliphatic heterocycles. The Morgan fingerprint density at radius 2 is 2.50 bits per heavy atom. The Labute approximate surface area is 58.4 Å². The third-order valence-electron chi connectivity index (χ3n) is 2.07. The lowest BCUT2D eigenvalue weighted by Crippen LogP contribution is -2.43. The van der Waals surface area contributed by atoms with E-state index >= 15 is 0 Å². The van der Waals surface area contributed by atoms with Gasteiger partial charge in [0.05, 0.1) is 13.2 Å². The number of aliphatic hydroxyl groups is 2. The molecule has 1 unspecified atom stereocenters. The van der Waals surface area contributed by atoms with Crippen molar-refractivity contribution in [2.75, 3.05) is 13.2 Å². The van der Waals surface area contributed by atoms with Gasteiger partial charge < -0.3 is 19.7 Å². The fourth-order valence-corrected chi connectivity index (χ4v) is 1.31. The van der Waals surface area contributed by atoms with Crippen molar-refractivity contribution in [3.8, 4) is 0 Å². The lowest BCUT2D eigenvalue weighted by molar-refractivity contribution is -0.0959. The average Bonchev–Trinajstić information content (AvgIpc) is 2.46. The standard InChI is InChI=1S/C6H9O4/c7-2-6-3-9-4(1-10-6)5(6)8/h1,4-5,7-8H,2-3H2/t4-,5?,6+/m1/s1. The summed E-state index contributed by atoms with van der Waals surface area (Å²) in [5.74, 6) is 0. The molecule has 1 radical (unpaired) electrons. The molecule has 0 spiro atoms. The summed E-state index contributed by atoms with van der Waals surface area (Å²) in [4.78, 5) is 0. The summed E-state index contributed by atoms with van der Waals surface area (Å²) >= 11 is 0. The first-order chi connectivity index (χ1) is 4.78. The van der Waals surface area contributed by atoms with Gasteiger partial charge in [0.1, 0.15) is 24.4 Å². The van der Waals surface area contributed by atoms with Crippen molar-refractivity contribution in [2.45, 2.75) is 17.8 Å². The SMILES string of the molecule is OC[C@@]12CO[C@H]([CH]O1)C2O. The number of aliphatic hydroxyl groups excluding tert-OH is 2. The Balaban J connectivity index is 2.22. The molecule has 3 atom stereocenters. The minimum atomic E-state index is -0.856.